The fraction of sp³-hybridized carbons (Fsp3) is 0.185. The zero-order chi connectivity index (χ0) is 22.8. The quantitative estimate of drug-likeness (QED) is 0.371. The molecule has 0 radical (unpaired) electrons. The number of aromatic nitrogens is 1. The number of aryl methyl sites for hydroxylation is 2. The number of carbonyl (C=O) groups is 1. The zero-order valence-corrected chi connectivity index (χ0v) is 18.6. The standard InChI is InChI=1S/C27H26N2O3/c1-16(2)23-14-22(9-10-25(23)30)32-26-17(3)11-21(12-18(26)4)29-27(31)20-13-19-7-5-6-8-24(19)28-15-20/h5-16,30H,1-4H3,(H,29,31). The number of amides is 1. The third-order valence-corrected chi connectivity index (χ3v) is 5.41. The van der Waals surface area contributed by atoms with E-state index >= 15 is 0 Å². The summed E-state index contributed by atoms with van der Waals surface area (Å²) in [6.07, 6.45) is 1.59. The molecule has 162 valence electrons. The maximum atomic E-state index is 12.8. The van der Waals surface area contributed by atoms with Crippen LogP contribution in [0.2, 0.25) is 0 Å². The Morgan fingerprint density at radius 2 is 1.72 bits per heavy atom. The van der Waals surface area contributed by atoms with E-state index in [1.54, 1.807) is 18.3 Å². The number of hydrogen-bond donors (Lipinski definition) is 2. The zero-order valence-electron chi connectivity index (χ0n) is 18.6. The van der Waals surface area contributed by atoms with Crippen molar-refractivity contribution in [2.24, 2.45) is 0 Å². The number of aromatic hydroxyl groups is 1. The molecule has 0 aliphatic carbocycles. The van der Waals surface area contributed by atoms with E-state index in [9.17, 15) is 9.90 Å². The van der Waals surface area contributed by atoms with Crippen LogP contribution in [0, 0.1) is 13.8 Å². The van der Waals surface area contributed by atoms with Crippen LogP contribution < -0.4 is 10.1 Å². The summed E-state index contributed by atoms with van der Waals surface area (Å²) in [6, 6.07) is 18.6. The lowest BCUT2D eigenvalue weighted by atomic mass is 10.0. The van der Waals surface area contributed by atoms with E-state index in [1.165, 1.54) is 0 Å². The Bertz CT molecular complexity index is 1290. The van der Waals surface area contributed by atoms with Gasteiger partial charge in [-0.05, 0) is 73.4 Å². The average molecular weight is 427 g/mol. The number of hydrogen-bond acceptors (Lipinski definition) is 4. The summed E-state index contributed by atoms with van der Waals surface area (Å²) in [5.41, 5.74) is 4.69. The molecule has 1 amide bonds. The van der Waals surface area contributed by atoms with E-state index in [-0.39, 0.29) is 17.6 Å². The molecule has 0 fully saturated rings. The highest BCUT2D eigenvalue weighted by molar-refractivity contribution is 6.05. The molecule has 0 unspecified atom stereocenters. The fourth-order valence-electron chi connectivity index (χ4n) is 3.76. The molecule has 2 N–H and O–H groups in total. The largest absolute Gasteiger partial charge is 0.508 e. The molecule has 0 aliphatic rings. The maximum absolute atomic E-state index is 12.8. The minimum atomic E-state index is -0.212. The van der Waals surface area contributed by atoms with E-state index in [0.717, 1.165) is 33.3 Å². The van der Waals surface area contributed by atoms with E-state index in [4.69, 9.17) is 4.74 Å². The van der Waals surface area contributed by atoms with Crippen molar-refractivity contribution in [3.63, 3.8) is 0 Å². The van der Waals surface area contributed by atoms with Crippen LogP contribution in [-0.2, 0) is 0 Å². The number of ether oxygens (including phenoxy) is 1. The van der Waals surface area contributed by atoms with Crippen LogP contribution in [0.1, 0.15) is 46.8 Å². The monoisotopic (exact) mass is 426 g/mol. The molecule has 3 aromatic carbocycles. The summed E-state index contributed by atoms with van der Waals surface area (Å²) in [6.45, 7) is 7.94. The minimum Gasteiger partial charge on any atom is -0.508 e. The Balaban J connectivity index is 1.55. The number of fused-ring (bicyclic) bond motifs is 1. The van der Waals surface area contributed by atoms with Crippen molar-refractivity contribution in [1.29, 1.82) is 0 Å². The van der Waals surface area contributed by atoms with Crippen molar-refractivity contribution in [2.45, 2.75) is 33.6 Å². The Kier molecular flexibility index (Phi) is 5.82. The summed E-state index contributed by atoms with van der Waals surface area (Å²) in [4.78, 5) is 17.2. The number of rotatable bonds is 5. The summed E-state index contributed by atoms with van der Waals surface area (Å²) < 4.78 is 6.14. The number of anilines is 1. The van der Waals surface area contributed by atoms with Gasteiger partial charge in [0.25, 0.3) is 5.91 Å². The van der Waals surface area contributed by atoms with Gasteiger partial charge >= 0.3 is 0 Å². The second kappa shape index (κ2) is 8.71. The number of benzene rings is 3. The number of phenols is 1. The van der Waals surface area contributed by atoms with Crippen LogP contribution in [0.15, 0.2) is 66.9 Å². The first-order valence-corrected chi connectivity index (χ1v) is 10.6. The first-order chi connectivity index (χ1) is 15.3. The summed E-state index contributed by atoms with van der Waals surface area (Å²) in [5, 5.41) is 13.9. The van der Waals surface area contributed by atoms with Crippen molar-refractivity contribution >= 4 is 22.5 Å². The van der Waals surface area contributed by atoms with Crippen LogP contribution in [0.3, 0.4) is 0 Å². The first-order valence-electron chi connectivity index (χ1n) is 10.6. The second-order valence-corrected chi connectivity index (χ2v) is 8.29. The highest BCUT2D eigenvalue weighted by atomic mass is 16.5. The molecule has 0 atom stereocenters. The van der Waals surface area contributed by atoms with Gasteiger partial charge in [0.2, 0.25) is 0 Å². The summed E-state index contributed by atoms with van der Waals surface area (Å²) in [7, 11) is 0. The minimum absolute atomic E-state index is 0.183. The highest BCUT2D eigenvalue weighted by Crippen LogP contribution is 2.35. The van der Waals surface area contributed by atoms with Crippen molar-refractivity contribution in [3.05, 3.63) is 89.1 Å². The molecule has 32 heavy (non-hydrogen) atoms. The molecule has 0 saturated carbocycles. The van der Waals surface area contributed by atoms with Gasteiger partial charge in [-0.1, -0.05) is 32.0 Å². The van der Waals surface area contributed by atoms with Crippen molar-refractivity contribution in [2.75, 3.05) is 5.32 Å². The topological polar surface area (TPSA) is 71.5 Å². The van der Waals surface area contributed by atoms with Gasteiger partial charge in [-0.3, -0.25) is 9.78 Å². The van der Waals surface area contributed by atoms with Gasteiger partial charge in [0.1, 0.15) is 17.2 Å². The molecule has 5 nitrogen and oxygen atoms in total. The fourth-order valence-corrected chi connectivity index (χ4v) is 3.76. The van der Waals surface area contributed by atoms with Crippen LogP contribution >= 0.6 is 0 Å². The number of phenolic OH excluding ortho intramolecular Hbond substituents is 1. The van der Waals surface area contributed by atoms with Crippen LogP contribution in [0.4, 0.5) is 5.69 Å². The van der Waals surface area contributed by atoms with Crippen molar-refractivity contribution < 1.29 is 14.6 Å². The molecular formula is C27H26N2O3. The number of nitrogens with one attached hydrogen (secondary N) is 1. The Hall–Kier alpha value is -3.86. The van der Waals surface area contributed by atoms with Crippen LogP contribution in [-0.4, -0.2) is 16.0 Å². The third-order valence-electron chi connectivity index (χ3n) is 5.41. The molecule has 0 bridgehead atoms. The Morgan fingerprint density at radius 3 is 2.44 bits per heavy atom. The highest BCUT2D eigenvalue weighted by Gasteiger charge is 2.13. The summed E-state index contributed by atoms with van der Waals surface area (Å²) in [5.74, 6) is 1.63. The number of carbonyl (C=O) groups excluding carboxylic acids is 1. The van der Waals surface area contributed by atoms with Gasteiger partial charge in [-0.15, -0.1) is 0 Å². The SMILES string of the molecule is Cc1cc(NC(=O)c2cnc3ccccc3c2)cc(C)c1Oc1ccc(O)c(C(C)C)c1. The van der Waals surface area contributed by atoms with E-state index < -0.39 is 0 Å². The predicted octanol–water partition coefficient (Wildman–Crippen LogP) is 6.73. The molecule has 0 aliphatic heterocycles. The van der Waals surface area contributed by atoms with Gasteiger partial charge in [0.05, 0.1) is 11.1 Å². The number of pyridine rings is 1. The van der Waals surface area contributed by atoms with E-state index in [2.05, 4.69) is 10.3 Å². The van der Waals surface area contributed by atoms with Gasteiger partial charge in [0, 0.05) is 22.8 Å². The van der Waals surface area contributed by atoms with Crippen LogP contribution in [0.25, 0.3) is 10.9 Å². The first kappa shape index (κ1) is 21.4. The van der Waals surface area contributed by atoms with Crippen LogP contribution in [0.5, 0.6) is 17.2 Å². The van der Waals surface area contributed by atoms with Gasteiger partial charge in [0.15, 0.2) is 0 Å². The van der Waals surface area contributed by atoms with E-state index in [0.29, 0.717) is 17.0 Å². The smallest absolute Gasteiger partial charge is 0.257 e. The molecule has 4 aromatic rings. The third kappa shape index (κ3) is 4.42. The molecule has 1 aromatic heterocycles. The van der Waals surface area contributed by atoms with Crippen molar-refractivity contribution in [3.8, 4) is 17.2 Å². The molecule has 1 heterocycles. The second-order valence-electron chi connectivity index (χ2n) is 8.29. The normalized spacial score (nSPS) is 11.0. The van der Waals surface area contributed by atoms with Gasteiger partial charge < -0.3 is 15.2 Å². The molecule has 0 spiro atoms. The molecular weight excluding hydrogens is 400 g/mol. The van der Waals surface area contributed by atoms with Gasteiger partial charge in [-0.25, -0.2) is 0 Å². The maximum Gasteiger partial charge on any atom is 0.257 e. The average Bonchev–Trinajstić information content (AvgIpc) is 2.76. The lowest BCUT2D eigenvalue weighted by molar-refractivity contribution is 0.102. The van der Waals surface area contributed by atoms with E-state index in [1.807, 2.05) is 76.2 Å². The number of para-hydroxylation sites is 1. The summed E-state index contributed by atoms with van der Waals surface area (Å²) >= 11 is 0. The molecule has 0 saturated heterocycles. The molecule has 5 heteroatoms. The molecule has 4 rings (SSSR count). The Labute approximate surface area is 187 Å². The Morgan fingerprint density at radius 1 is 1.00 bits per heavy atom. The lowest BCUT2D eigenvalue weighted by Crippen LogP contribution is -2.12. The predicted molar refractivity (Wildman–Crippen MR) is 128 cm³/mol. The van der Waals surface area contributed by atoms with Crippen molar-refractivity contribution in [1.82, 2.24) is 4.98 Å². The van der Waals surface area contributed by atoms with Gasteiger partial charge in [-0.2, -0.15) is 0 Å². The number of nitrogens with zero attached hydrogens (tertiary/aromatic N) is 1. The lowest BCUT2D eigenvalue weighted by Gasteiger charge is -2.16.